The van der Waals surface area contributed by atoms with Crippen molar-refractivity contribution in [1.29, 1.82) is 0 Å². The minimum absolute atomic E-state index is 0.298. The maximum absolute atomic E-state index is 12.5. The van der Waals surface area contributed by atoms with Crippen LogP contribution in [0.5, 0.6) is 5.75 Å². The third kappa shape index (κ3) is 5.66. The van der Waals surface area contributed by atoms with E-state index in [1.54, 1.807) is 31.4 Å². The maximum atomic E-state index is 12.5. The monoisotopic (exact) mass is 407 g/mol. The molecule has 0 radical (unpaired) electrons. The number of rotatable bonds is 8. The van der Waals surface area contributed by atoms with E-state index in [1.807, 2.05) is 38.1 Å². The Morgan fingerprint density at radius 1 is 1.11 bits per heavy atom. The van der Waals surface area contributed by atoms with Crippen molar-refractivity contribution in [3.8, 4) is 5.75 Å². The predicted molar refractivity (Wildman–Crippen MR) is 113 cm³/mol. The molecule has 0 bridgehead atoms. The lowest BCUT2D eigenvalue weighted by Crippen LogP contribution is -2.30. The van der Waals surface area contributed by atoms with Crippen LogP contribution in [0.2, 0.25) is 0 Å². The van der Waals surface area contributed by atoms with Crippen molar-refractivity contribution in [2.45, 2.75) is 25.3 Å². The van der Waals surface area contributed by atoms with Crippen LogP contribution in [0.3, 0.4) is 0 Å². The molecule has 6 nitrogen and oxygen atoms in total. The molecule has 2 aromatic rings. The van der Waals surface area contributed by atoms with Gasteiger partial charge in [0.2, 0.25) is 10.0 Å². The molecule has 27 heavy (non-hydrogen) atoms. The molecule has 0 unspecified atom stereocenters. The van der Waals surface area contributed by atoms with Crippen molar-refractivity contribution < 1.29 is 13.2 Å². The van der Waals surface area contributed by atoms with Gasteiger partial charge >= 0.3 is 0 Å². The first-order valence-corrected chi connectivity index (χ1v) is 10.5. The van der Waals surface area contributed by atoms with Gasteiger partial charge in [-0.15, -0.1) is 0 Å². The van der Waals surface area contributed by atoms with Crippen molar-refractivity contribution in [1.82, 2.24) is 9.62 Å². The smallest absolute Gasteiger partial charge is 0.243 e. The van der Waals surface area contributed by atoms with E-state index in [1.165, 1.54) is 4.31 Å². The van der Waals surface area contributed by atoms with Crippen molar-refractivity contribution in [3.63, 3.8) is 0 Å². The summed E-state index contributed by atoms with van der Waals surface area (Å²) in [5.41, 5.74) is 1.76. The fourth-order valence-electron chi connectivity index (χ4n) is 2.55. The van der Waals surface area contributed by atoms with Crippen LogP contribution in [0.15, 0.2) is 53.4 Å². The van der Waals surface area contributed by atoms with Crippen molar-refractivity contribution in [2.75, 3.05) is 25.5 Å². The molecule has 2 aromatic carbocycles. The standard InChI is InChI=1S/C19H25N3O3S2/c1-4-22(5-2)27(23,24)18-11-9-15(10-12-18)14-20-19(26)21-16-7-6-8-17(13-16)25-3/h6-13H,4-5,14H2,1-3H3,(H2,20,21,26). The summed E-state index contributed by atoms with van der Waals surface area (Å²) in [5.74, 6) is 0.743. The number of thiocarbonyl (C=S) groups is 1. The highest BCUT2D eigenvalue weighted by Crippen LogP contribution is 2.17. The molecule has 146 valence electrons. The molecule has 2 N–H and O–H groups in total. The lowest BCUT2D eigenvalue weighted by molar-refractivity contribution is 0.415. The van der Waals surface area contributed by atoms with E-state index in [-0.39, 0.29) is 0 Å². The molecule has 8 heteroatoms. The summed E-state index contributed by atoms with van der Waals surface area (Å²) in [4.78, 5) is 0.298. The Kier molecular flexibility index (Phi) is 7.58. The molecular weight excluding hydrogens is 382 g/mol. The van der Waals surface area contributed by atoms with Crippen LogP contribution in [0.25, 0.3) is 0 Å². The second-order valence-electron chi connectivity index (χ2n) is 5.77. The van der Waals surface area contributed by atoms with Crippen LogP contribution in [0, 0.1) is 0 Å². The summed E-state index contributed by atoms with van der Waals surface area (Å²) in [6, 6.07) is 14.3. The number of nitrogens with zero attached hydrogens (tertiary/aromatic N) is 1. The first kappa shape index (κ1) is 21.1. The van der Waals surface area contributed by atoms with Gasteiger partial charge in [0.25, 0.3) is 0 Å². The molecular formula is C19H25N3O3S2. The number of hydrogen-bond donors (Lipinski definition) is 2. The van der Waals surface area contributed by atoms with Crippen LogP contribution in [-0.2, 0) is 16.6 Å². The second kappa shape index (κ2) is 9.68. The second-order valence-corrected chi connectivity index (χ2v) is 8.12. The van der Waals surface area contributed by atoms with Crippen molar-refractivity contribution in [2.24, 2.45) is 0 Å². The topological polar surface area (TPSA) is 70.7 Å². The van der Waals surface area contributed by atoms with Crippen molar-refractivity contribution >= 4 is 33.0 Å². The molecule has 0 amide bonds. The molecule has 0 atom stereocenters. The summed E-state index contributed by atoms with van der Waals surface area (Å²) in [6.45, 7) is 5.05. The minimum atomic E-state index is -3.43. The number of benzene rings is 2. The van der Waals surface area contributed by atoms with Gasteiger partial charge in [0.05, 0.1) is 12.0 Å². The average Bonchev–Trinajstić information content (AvgIpc) is 2.67. The Labute approximate surface area is 166 Å². The van der Waals surface area contributed by atoms with E-state index in [0.29, 0.717) is 29.6 Å². The lowest BCUT2D eigenvalue weighted by atomic mass is 10.2. The Hall–Kier alpha value is -2.16. The SMILES string of the molecule is CCN(CC)S(=O)(=O)c1ccc(CNC(=S)Nc2cccc(OC)c2)cc1. The molecule has 2 rings (SSSR count). The van der Waals surface area contributed by atoms with Gasteiger partial charge in [-0.1, -0.05) is 32.0 Å². The van der Waals surface area contributed by atoms with Crippen LogP contribution < -0.4 is 15.4 Å². The molecule has 0 aliphatic heterocycles. The van der Waals surface area contributed by atoms with Gasteiger partial charge in [-0.3, -0.25) is 0 Å². The van der Waals surface area contributed by atoms with E-state index in [2.05, 4.69) is 10.6 Å². The molecule has 0 aliphatic carbocycles. The number of nitrogens with one attached hydrogen (secondary N) is 2. The summed E-state index contributed by atoms with van der Waals surface area (Å²) in [7, 11) is -1.82. The third-order valence-corrected chi connectivity index (χ3v) is 6.36. The Balaban J connectivity index is 1.95. The Bertz CT molecular complexity index is 864. The van der Waals surface area contributed by atoms with Gasteiger partial charge in [-0.2, -0.15) is 4.31 Å². The zero-order valence-corrected chi connectivity index (χ0v) is 17.4. The fourth-order valence-corrected chi connectivity index (χ4v) is 4.20. The Morgan fingerprint density at radius 2 is 1.78 bits per heavy atom. The van der Waals surface area contributed by atoms with Crippen LogP contribution in [0.1, 0.15) is 19.4 Å². The summed E-state index contributed by atoms with van der Waals surface area (Å²) < 4.78 is 31.6. The zero-order chi connectivity index (χ0) is 19.9. The van der Waals surface area contributed by atoms with E-state index < -0.39 is 10.0 Å². The number of methoxy groups -OCH3 is 1. The quantitative estimate of drug-likeness (QED) is 0.655. The molecule has 0 aromatic heterocycles. The number of hydrogen-bond acceptors (Lipinski definition) is 4. The van der Waals surface area contributed by atoms with Crippen LogP contribution in [-0.4, -0.2) is 38.0 Å². The molecule has 0 spiro atoms. The molecule has 0 saturated carbocycles. The summed E-state index contributed by atoms with van der Waals surface area (Å²) in [6.07, 6.45) is 0. The van der Waals surface area contributed by atoms with Crippen LogP contribution in [0.4, 0.5) is 5.69 Å². The van der Waals surface area contributed by atoms with Gasteiger partial charge in [0, 0.05) is 31.4 Å². The third-order valence-electron chi connectivity index (χ3n) is 4.05. The first-order valence-electron chi connectivity index (χ1n) is 8.68. The van der Waals surface area contributed by atoms with E-state index in [0.717, 1.165) is 17.0 Å². The highest BCUT2D eigenvalue weighted by Gasteiger charge is 2.21. The van der Waals surface area contributed by atoms with Gasteiger partial charge < -0.3 is 15.4 Å². The Morgan fingerprint density at radius 3 is 2.37 bits per heavy atom. The van der Waals surface area contributed by atoms with Gasteiger partial charge in [0.15, 0.2) is 5.11 Å². The maximum Gasteiger partial charge on any atom is 0.243 e. The van der Waals surface area contributed by atoms with E-state index in [9.17, 15) is 8.42 Å². The first-order chi connectivity index (χ1) is 12.9. The fraction of sp³-hybridized carbons (Fsp3) is 0.316. The summed E-state index contributed by atoms with van der Waals surface area (Å²) >= 11 is 5.30. The number of sulfonamides is 1. The van der Waals surface area contributed by atoms with Crippen molar-refractivity contribution in [3.05, 3.63) is 54.1 Å². The van der Waals surface area contributed by atoms with Gasteiger partial charge in [0.1, 0.15) is 5.75 Å². The minimum Gasteiger partial charge on any atom is -0.497 e. The molecule has 0 aliphatic rings. The molecule has 0 saturated heterocycles. The van der Waals surface area contributed by atoms with E-state index in [4.69, 9.17) is 17.0 Å². The predicted octanol–water partition coefficient (Wildman–Crippen LogP) is 3.21. The lowest BCUT2D eigenvalue weighted by Gasteiger charge is -2.18. The van der Waals surface area contributed by atoms with Gasteiger partial charge in [-0.25, -0.2) is 8.42 Å². The van der Waals surface area contributed by atoms with Gasteiger partial charge in [-0.05, 0) is 42.0 Å². The normalized spacial score (nSPS) is 11.3. The molecule has 0 fully saturated rings. The van der Waals surface area contributed by atoms with Crippen LogP contribution >= 0.6 is 12.2 Å². The average molecular weight is 408 g/mol. The largest absolute Gasteiger partial charge is 0.497 e. The highest BCUT2D eigenvalue weighted by molar-refractivity contribution is 7.89. The summed E-state index contributed by atoms with van der Waals surface area (Å²) in [5, 5.41) is 6.67. The molecule has 0 heterocycles. The number of anilines is 1. The highest BCUT2D eigenvalue weighted by atomic mass is 32.2. The zero-order valence-electron chi connectivity index (χ0n) is 15.7. The number of ether oxygens (including phenoxy) is 1. The van der Waals surface area contributed by atoms with E-state index >= 15 is 0 Å².